The first kappa shape index (κ1) is 19.9. The monoisotopic (exact) mass is 393 g/mol. The molecular formula is C21H19N3O5. The van der Waals surface area contributed by atoms with Gasteiger partial charge < -0.3 is 10.1 Å². The third kappa shape index (κ3) is 4.21. The molecule has 1 heterocycles. The number of hydrogen-bond donors (Lipinski definition) is 1. The van der Waals surface area contributed by atoms with E-state index in [1.54, 1.807) is 6.92 Å². The van der Waals surface area contributed by atoms with Gasteiger partial charge in [0.25, 0.3) is 11.6 Å². The Hall–Kier alpha value is -3.81. The Morgan fingerprint density at radius 1 is 1.10 bits per heavy atom. The Morgan fingerprint density at radius 3 is 2.41 bits per heavy atom. The number of benzene rings is 2. The fraction of sp³-hybridized carbons (Fsp3) is 0.190. The molecule has 1 atom stereocenters. The van der Waals surface area contributed by atoms with Crippen LogP contribution in [0.3, 0.4) is 0 Å². The van der Waals surface area contributed by atoms with Gasteiger partial charge in [-0.15, -0.1) is 0 Å². The standard InChI is InChI=1S/C21H19N3O5/c1-12-17-6-4-5-7-18(17)22-13(2)19(12)21(26)29-14(3)20(25)23-15-8-10-16(11-9-15)24(27)28/h4-11,14H,1-3H3,(H,23,25). The van der Waals surface area contributed by atoms with Crippen molar-refractivity contribution >= 4 is 34.2 Å². The Morgan fingerprint density at radius 2 is 1.76 bits per heavy atom. The number of rotatable bonds is 5. The number of ether oxygens (including phenoxy) is 1. The van der Waals surface area contributed by atoms with Crippen LogP contribution in [0.1, 0.15) is 28.5 Å². The van der Waals surface area contributed by atoms with E-state index in [0.717, 1.165) is 16.5 Å². The highest BCUT2D eigenvalue weighted by atomic mass is 16.6. The maximum Gasteiger partial charge on any atom is 0.341 e. The highest BCUT2D eigenvalue weighted by Crippen LogP contribution is 2.23. The van der Waals surface area contributed by atoms with Crippen LogP contribution < -0.4 is 5.32 Å². The number of nitro benzene ring substituents is 1. The van der Waals surface area contributed by atoms with Crippen molar-refractivity contribution in [2.75, 3.05) is 5.32 Å². The van der Waals surface area contributed by atoms with Crippen molar-refractivity contribution in [3.05, 3.63) is 75.5 Å². The SMILES string of the molecule is Cc1nc2ccccc2c(C)c1C(=O)OC(C)C(=O)Nc1ccc([N+](=O)[O-])cc1. The van der Waals surface area contributed by atoms with E-state index >= 15 is 0 Å². The van der Waals surface area contributed by atoms with E-state index in [4.69, 9.17) is 4.74 Å². The molecule has 8 heteroatoms. The van der Waals surface area contributed by atoms with Crippen LogP contribution in [-0.4, -0.2) is 27.9 Å². The first-order valence-electron chi connectivity index (χ1n) is 8.90. The number of fused-ring (bicyclic) bond motifs is 1. The second-order valence-corrected chi connectivity index (χ2v) is 6.56. The van der Waals surface area contributed by atoms with Crippen LogP contribution in [0.2, 0.25) is 0 Å². The smallest absolute Gasteiger partial charge is 0.341 e. The van der Waals surface area contributed by atoms with Crippen molar-refractivity contribution in [1.82, 2.24) is 4.98 Å². The van der Waals surface area contributed by atoms with Crippen molar-refractivity contribution in [1.29, 1.82) is 0 Å². The molecule has 1 unspecified atom stereocenters. The molecule has 0 bridgehead atoms. The summed E-state index contributed by atoms with van der Waals surface area (Å²) in [6, 6.07) is 12.8. The molecule has 0 saturated heterocycles. The second kappa shape index (κ2) is 8.05. The highest BCUT2D eigenvalue weighted by Gasteiger charge is 2.23. The van der Waals surface area contributed by atoms with Gasteiger partial charge >= 0.3 is 5.97 Å². The maximum atomic E-state index is 12.7. The molecule has 2 aromatic carbocycles. The lowest BCUT2D eigenvalue weighted by atomic mass is 10.0. The first-order valence-corrected chi connectivity index (χ1v) is 8.90. The number of carbonyl (C=O) groups excluding carboxylic acids is 2. The van der Waals surface area contributed by atoms with Gasteiger partial charge in [-0.2, -0.15) is 0 Å². The molecule has 0 fully saturated rings. The number of non-ortho nitro benzene ring substituents is 1. The van der Waals surface area contributed by atoms with Gasteiger partial charge in [-0.1, -0.05) is 18.2 Å². The summed E-state index contributed by atoms with van der Waals surface area (Å²) in [5.74, 6) is -1.18. The summed E-state index contributed by atoms with van der Waals surface area (Å²) in [6.45, 7) is 4.99. The minimum Gasteiger partial charge on any atom is -0.449 e. The molecule has 29 heavy (non-hydrogen) atoms. The van der Waals surface area contributed by atoms with E-state index in [9.17, 15) is 19.7 Å². The van der Waals surface area contributed by atoms with Crippen molar-refractivity contribution in [3.63, 3.8) is 0 Å². The number of aromatic nitrogens is 1. The zero-order chi connectivity index (χ0) is 21.1. The number of aryl methyl sites for hydroxylation is 2. The molecule has 0 aliphatic rings. The van der Waals surface area contributed by atoms with E-state index in [-0.39, 0.29) is 5.69 Å². The number of amides is 1. The number of carbonyl (C=O) groups is 2. The van der Waals surface area contributed by atoms with Gasteiger partial charge in [-0.25, -0.2) is 4.79 Å². The van der Waals surface area contributed by atoms with Crippen molar-refractivity contribution in [2.45, 2.75) is 26.9 Å². The number of hydrogen-bond acceptors (Lipinski definition) is 6. The predicted octanol–water partition coefficient (Wildman–Crippen LogP) is 3.94. The zero-order valence-corrected chi connectivity index (χ0v) is 16.1. The Bertz CT molecular complexity index is 1110. The van der Waals surface area contributed by atoms with Crippen LogP contribution in [0.15, 0.2) is 48.5 Å². The molecule has 3 aromatic rings. The van der Waals surface area contributed by atoms with Gasteiger partial charge in [0, 0.05) is 23.2 Å². The fourth-order valence-corrected chi connectivity index (χ4v) is 3.02. The van der Waals surface area contributed by atoms with E-state index in [1.807, 2.05) is 31.2 Å². The van der Waals surface area contributed by atoms with Crippen molar-refractivity contribution < 1.29 is 19.2 Å². The second-order valence-electron chi connectivity index (χ2n) is 6.56. The van der Waals surface area contributed by atoms with E-state index < -0.39 is 22.9 Å². The topological polar surface area (TPSA) is 111 Å². The van der Waals surface area contributed by atoms with Gasteiger partial charge in [-0.05, 0) is 44.5 Å². The summed E-state index contributed by atoms with van der Waals surface area (Å²) in [6.07, 6.45) is -1.07. The average molecular weight is 393 g/mol. The predicted molar refractivity (Wildman–Crippen MR) is 108 cm³/mol. The number of para-hydroxylation sites is 1. The third-order valence-electron chi connectivity index (χ3n) is 4.54. The molecule has 0 spiro atoms. The minimum atomic E-state index is -1.07. The Kier molecular flexibility index (Phi) is 5.54. The first-order chi connectivity index (χ1) is 13.8. The Balaban J connectivity index is 1.74. The van der Waals surface area contributed by atoms with Crippen molar-refractivity contribution in [3.8, 4) is 0 Å². The molecular weight excluding hydrogens is 374 g/mol. The van der Waals surface area contributed by atoms with Crippen LogP contribution >= 0.6 is 0 Å². The largest absolute Gasteiger partial charge is 0.449 e. The number of nitrogens with zero attached hydrogens (tertiary/aromatic N) is 2. The number of nitrogens with one attached hydrogen (secondary N) is 1. The molecule has 0 saturated carbocycles. The molecule has 0 radical (unpaired) electrons. The average Bonchev–Trinajstić information content (AvgIpc) is 2.68. The summed E-state index contributed by atoms with van der Waals surface area (Å²) < 4.78 is 5.34. The fourth-order valence-electron chi connectivity index (χ4n) is 3.02. The summed E-state index contributed by atoms with van der Waals surface area (Å²) in [7, 11) is 0. The molecule has 1 amide bonds. The quantitative estimate of drug-likeness (QED) is 0.399. The van der Waals surface area contributed by atoms with Crippen LogP contribution in [-0.2, 0) is 9.53 Å². The normalized spacial score (nSPS) is 11.7. The molecule has 8 nitrogen and oxygen atoms in total. The van der Waals surface area contributed by atoms with Crippen LogP contribution in [0.25, 0.3) is 10.9 Å². The lowest BCUT2D eigenvalue weighted by Crippen LogP contribution is -2.30. The lowest BCUT2D eigenvalue weighted by Gasteiger charge is -2.16. The molecule has 0 aliphatic carbocycles. The summed E-state index contributed by atoms with van der Waals surface area (Å²) in [5.41, 5.74) is 2.65. The number of nitro groups is 1. The summed E-state index contributed by atoms with van der Waals surface area (Å²) in [5, 5.41) is 14.1. The Labute approximate surface area is 166 Å². The van der Waals surface area contributed by atoms with Crippen LogP contribution in [0, 0.1) is 24.0 Å². The van der Waals surface area contributed by atoms with E-state index in [1.165, 1.54) is 31.2 Å². The van der Waals surface area contributed by atoms with Crippen LogP contribution in [0.5, 0.6) is 0 Å². The van der Waals surface area contributed by atoms with Gasteiger partial charge in [0.15, 0.2) is 6.10 Å². The van der Waals surface area contributed by atoms with Crippen LogP contribution in [0.4, 0.5) is 11.4 Å². The van der Waals surface area contributed by atoms with Gasteiger partial charge in [0.1, 0.15) is 0 Å². The number of pyridine rings is 1. The van der Waals surface area contributed by atoms with Gasteiger partial charge in [-0.3, -0.25) is 19.9 Å². The molecule has 3 rings (SSSR count). The van der Waals surface area contributed by atoms with Gasteiger partial charge in [0.05, 0.1) is 21.7 Å². The molecule has 1 N–H and O–H groups in total. The maximum absolute atomic E-state index is 12.7. The third-order valence-corrected chi connectivity index (χ3v) is 4.54. The molecule has 1 aromatic heterocycles. The molecule has 148 valence electrons. The summed E-state index contributed by atoms with van der Waals surface area (Å²) >= 11 is 0. The lowest BCUT2D eigenvalue weighted by molar-refractivity contribution is -0.384. The summed E-state index contributed by atoms with van der Waals surface area (Å²) in [4.78, 5) is 39.6. The number of anilines is 1. The minimum absolute atomic E-state index is 0.0859. The van der Waals surface area contributed by atoms with Crippen molar-refractivity contribution in [2.24, 2.45) is 0 Å². The zero-order valence-electron chi connectivity index (χ0n) is 16.1. The molecule has 0 aliphatic heterocycles. The van der Waals surface area contributed by atoms with E-state index in [0.29, 0.717) is 16.9 Å². The highest BCUT2D eigenvalue weighted by molar-refractivity contribution is 6.01. The number of esters is 1. The van der Waals surface area contributed by atoms with Gasteiger partial charge in [0.2, 0.25) is 0 Å². The van der Waals surface area contributed by atoms with E-state index in [2.05, 4.69) is 10.3 Å².